The molecule has 0 spiro atoms. The van der Waals surface area contributed by atoms with Gasteiger partial charge in [-0.2, -0.15) is 5.10 Å². The monoisotopic (exact) mass is 289 g/mol. The van der Waals surface area contributed by atoms with E-state index in [1.165, 1.54) is 18.2 Å². The number of aromatic nitrogens is 2. The minimum atomic E-state index is -0.459. The van der Waals surface area contributed by atoms with Gasteiger partial charge in [-0.15, -0.1) is 0 Å². The summed E-state index contributed by atoms with van der Waals surface area (Å²) in [5.41, 5.74) is 13.3. The van der Waals surface area contributed by atoms with Gasteiger partial charge in [0.15, 0.2) is 0 Å². The zero-order valence-electron chi connectivity index (χ0n) is 11.8. The van der Waals surface area contributed by atoms with Gasteiger partial charge in [-0.25, -0.2) is 4.68 Å². The topological polar surface area (TPSA) is 125 Å². The molecule has 0 atom stereocenters. The van der Waals surface area contributed by atoms with Gasteiger partial charge in [-0.05, 0) is 19.9 Å². The number of nitrogen functional groups attached to an aromatic ring is 2. The van der Waals surface area contributed by atoms with Gasteiger partial charge in [-0.1, -0.05) is 0 Å². The average molecular weight is 289 g/mol. The van der Waals surface area contributed by atoms with E-state index in [0.29, 0.717) is 29.4 Å². The van der Waals surface area contributed by atoms with Crippen LogP contribution in [0.5, 0.6) is 0 Å². The highest BCUT2D eigenvalue weighted by atomic mass is 16.6. The molecule has 0 unspecified atom stereocenters. The number of hydrogen-bond donors (Lipinski definition) is 3. The molecule has 1 aromatic heterocycles. The molecule has 111 valence electrons. The Bertz CT molecular complexity index is 665. The van der Waals surface area contributed by atoms with Gasteiger partial charge in [0.05, 0.1) is 17.2 Å². The highest BCUT2D eigenvalue weighted by Crippen LogP contribution is 2.24. The van der Waals surface area contributed by atoms with Crippen molar-refractivity contribution in [3.63, 3.8) is 0 Å². The van der Waals surface area contributed by atoms with E-state index in [9.17, 15) is 10.1 Å². The Morgan fingerprint density at radius 3 is 2.81 bits per heavy atom. The normalized spacial score (nSPS) is 10.8. The van der Waals surface area contributed by atoms with Crippen molar-refractivity contribution in [1.82, 2.24) is 9.78 Å². The first-order chi connectivity index (χ1) is 9.90. The highest BCUT2D eigenvalue weighted by Gasteiger charge is 2.14. The van der Waals surface area contributed by atoms with Gasteiger partial charge in [0.2, 0.25) is 0 Å². The molecule has 1 aromatic carbocycles. The maximum atomic E-state index is 10.7. The van der Waals surface area contributed by atoms with E-state index in [1.807, 2.05) is 13.8 Å². The largest absolute Gasteiger partial charge is 0.394 e. The van der Waals surface area contributed by atoms with Crippen molar-refractivity contribution >= 4 is 22.9 Å². The molecule has 2 aromatic rings. The van der Waals surface area contributed by atoms with Crippen LogP contribution < -0.4 is 16.8 Å². The van der Waals surface area contributed by atoms with E-state index in [0.717, 1.165) is 0 Å². The molecule has 0 aliphatic rings. The van der Waals surface area contributed by atoms with Crippen LogP contribution in [-0.2, 0) is 6.54 Å². The van der Waals surface area contributed by atoms with Crippen LogP contribution in [0, 0.1) is 16.2 Å². The second kappa shape index (κ2) is 5.70. The average Bonchev–Trinajstić information content (AvgIpc) is 2.73. The van der Waals surface area contributed by atoms with Crippen LogP contribution in [0.1, 0.15) is 25.6 Å². The number of non-ortho nitro benzene ring substituents is 1. The summed E-state index contributed by atoms with van der Waals surface area (Å²) < 4.78 is 1.64. The number of nitro benzene ring substituents is 1. The Labute approximate surface area is 121 Å². The molecule has 0 aliphatic heterocycles. The standard InChI is InChI=1S/C13H17N6O2/c1-8(2)18-13(15)12(14)11(17-18)7-16-9-4-3-5-10(6-9)19(20)21/h3,5-6,8,16H,7,14-15H2,1-2H3. The molecule has 1 radical (unpaired) electrons. The summed E-state index contributed by atoms with van der Waals surface area (Å²) in [6.07, 6.45) is 0. The second-order valence-electron chi connectivity index (χ2n) is 4.86. The molecular formula is C13H17N6O2. The number of hydrogen-bond acceptors (Lipinski definition) is 6. The fourth-order valence-electron chi connectivity index (χ4n) is 1.88. The van der Waals surface area contributed by atoms with Gasteiger partial charge in [-0.3, -0.25) is 10.1 Å². The maximum absolute atomic E-state index is 10.7. The summed E-state index contributed by atoms with van der Waals surface area (Å²) in [6, 6.07) is 7.25. The number of nitro groups is 1. The van der Waals surface area contributed by atoms with E-state index < -0.39 is 4.92 Å². The van der Waals surface area contributed by atoms with Crippen molar-refractivity contribution < 1.29 is 4.92 Å². The molecule has 2 rings (SSSR count). The van der Waals surface area contributed by atoms with Crippen LogP contribution in [-0.4, -0.2) is 14.7 Å². The van der Waals surface area contributed by atoms with Crippen LogP contribution >= 0.6 is 0 Å². The van der Waals surface area contributed by atoms with Crippen LogP contribution in [0.3, 0.4) is 0 Å². The van der Waals surface area contributed by atoms with Gasteiger partial charge in [0.1, 0.15) is 11.5 Å². The lowest BCUT2D eigenvalue weighted by atomic mass is 10.2. The SMILES string of the molecule is CC(C)n1nc(CNc2[c]ccc([N+](=O)[O-])c2)c(N)c1N. The van der Waals surface area contributed by atoms with E-state index in [-0.39, 0.29) is 11.7 Å². The van der Waals surface area contributed by atoms with E-state index in [2.05, 4.69) is 16.5 Å². The molecule has 0 aliphatic carbocycles. The van der Waals surface area contributed by atoms with Crippen LogP contribution in [0.2, 0.25) is 0 Å². The lowest BCUT2D eigenvalue weighted by Crippen LogP contribution is -2.08. The molecule has 0 bridgehead atoms. The Morgan fingerprint density at radius 1 is 1.52 bits per heavy atom. The molecule has 5 N–H and O–H groups in total. The molecule has 0 saturated carbocycles. The third-order valence-electron chi connectivity index (χ3n) is 2.99. The lowest BCUT2D eigenvalue weighted by molar-refractivity contribution is -0.384. The maximum Gasteiger partial charge on any atom is 0.271 e. The van der Waals surface area contributed by atoms with Crippen molar-refractivity contribution in [3.8, 4) is 0 Å². The first-order valence-corrected chi connectivity index (χ1v) is 6.42. The second-order valence-corrected chi connectivity index (χ2v) is 4.86. The minimum absolute atomic E-state index is 0.00329. The summed E-state index contributed by atoms with van der Waals surface area (Å²) in [7, 11) is 0. The molecule has 0 saturated heterocycles. The predicted octanol–water partition coefficient (Wildman–Crippen LogP) is 1.95. The number of rotatable bonds is 5. The van der Waals surface area contributed by atoms with Crippen LogP contribution in [0.15, 0.2) is 18.2 Å². The fourth-order valence-corrected chi connectivity index (χ4v) is 1.88. The van der Waals surface area contributed by atoms with Crippen molar-refractivity contribution in [2.45, 2.75) is 26.4 Å². The zero-order chi connectivity index (χ0) is 15.6. The minimum Gasteiger partial charge on any atom is -0.394 e. The van der Waals surface area contributed by atoms with Crippen molar-refractivity contribution in [2.75, 3.05) is 16.8 Å². The van der Waals surface area contributed by atoms with Gasteiger partial charge >= 0.3 is 0 Å². The highest BCUT2D eigenvalue weighted by molar-refractivity contribution is 5.63. The number of nitrogens with two attached hydrogens (primary N) is 2. The Morgan fingerprint density at radius 2 is 2.24 bits per heavy atom. The zero-order valence-corrected chi connectivity index (χ0v) is 11.8. The third kappa shape index (κ3) is 3.04. The van der Waals surface area contributed by atoms with Crippen LogP contribution in [0.4, 0.5) is 22.9 Å². The summed E-state index contributed by atoms with van der Waals surface area (Å²) >= 11 is 0. The van der Waals surface area contributed by atoms with Crippen molar-refractivity contribution in [1.29, 1.82) is 0 Å². The molecule has 1 heterocycles. The van der Waals surface area contributed by atoms with Gasteiger partial charge in [0, 0.05) is 29.9 Å². The molecular weight excluding hydrogens is 272 g/mol. The fraction of sp³-hybridized carbons (Fsp3) is 0.308. The quantitative estimate of drug-likeness (QED) is 0.570. The van der Waals surface area contributed by atoms with E-state index in [4.69, 9.17) is 11.5 Å². The summed E-state index contributed by atoms with van der Waals surface area (Å²) in [5.74, 6) is 0.421. The van der Waals surface area contributed by atoms with Crippen molar-refractivity contribution in [3.05, 3.63) is 40.1 Å². The molecule has 0 fully saturated rings. The molecule has 8 nitrogen and oxygen atoms in total. The van der Waals surface area contributed by atoms with Gasteiger partial charge < -0.3 is 16.8 Å². The smallest absolute Gasteiger partial charge is 0.271 e. The predicted molar refractivity (Wildman–Crippen MR) is 80.7 cm³/mol. The van der Waals surface area contributed by atoms with Crippen LogP contribution in [0.25, 0.3) is 0 Å². The first kappa shape index (κ1) is 14.6. The Hall–Kier alpha value is -2.77. The van der Waals surface area contributed by atoms with Crippen molar-refractivity contribution in [2.24, 2.45) is 0 Å². The number of nitrogens with zero attached hydrogens (tertiary/aromatic N) is 3. The lowest BCUT2D eigenvalue weighted by Gasteiger charge is -2.06. The van der Waals surface area contributed by atoms with Gasteiger partial charge in [0.25, 0.3) is 5.69 Å². The first-order valence-electron chi connectivity index (χ1n) is 6.42. The number of nitrogens with one attached hydrogen (secondary N) is 1. The molecule has 0 amide bonds. The molecule has 8 heteroatoms. The summed E-state index contributed by atoms with van der Waals surface area (Å²) in [4.78, 5) is 10.3. The Balaban J connectivity index is 2.15. The van der Waals surface area contributed by atoms with E-state index >= 15 is 0 Å². The number of benzene rings is 1. The number of anilines is 3. The summed E-state index contributed by atoms with van der Waals surface area (Å²) in [6.45, 7) is 4.22. The summed E-state index contributed by atoms with van der Waals surface area (Å²) in [5, 5.41) is 18.1. The molecule has 21 heavy (non-hydrogen) atoms. The Kier molecular flexibility index (Phi) is 3.97. The van der Waals surface area contributed by atoms with E-state index in [1.54, 1.807) is 4.68 Å². The third-order valence-corrected chi connectivity index (χ3v) is 2.99.